The van der Waals surface area contributed by atoms with Gasteiger partial charge in [0.05, 0.1) is 12.0 Å². The van der Waals surface area contributed by atoms with Crippen LogP contribution in [0.5, 0.6) is 0 Å². The lowest BCUT2D eigenvalue weighted by atomic mass is 9.89. The van der Waals surface area contributed by atoms with Crippen LogP contribution in [0.3, 0.4) is 0 Å². The largest absolute Gasteiger partial charge is 0.352 e. The molecule has 0 spiro atoms. The van der Waals surface area contributed by atoms with Crippen LogP contribution in [0.1, 0.15) is 26.7 Å². The Morgan fingerprint density at radius 2 is 2.33 bits per heavy atom. The van der Waals surface area contributed by atoms with Gasteiger partial charge in [-0.3, -0.25) is 4.79 Å². The van der Waals surface area contributed by atoms with Gasteiger partial charge in [-0.1, -0.05) is 13.8 Å². The lowest BCUT2D eigenvalue weighted by Crippen LogP contribution is -2.34. The van der Waals surface area contributed by atoms with E-state index in [9.17, 15) is 4.79 Å². The lowest BCUT2D eigenvalue weighted by molar-refractivity contribution is -0.119. The molecule has 2 atom stereocenters. The fraction of sp³-hybridized carbons (Fsp3) is 0.778. The molecule has 12 heavy (non-hydrogen) atoms. The van der Waals surface area contributed by atoms with Crippen molar-refractivity contribution < 1.29 is 4.79 Å². The Hall–Kier alpha value is -1.04. The number of carbonyl (C=O) groups excluding carboxylic acids is 1. The molecule has 0 aromatic carbocycles. The molecule has 3 nitrogen and oxygen atoms in total. The Bertz CT molecular complexity index is 217. The van der Waals surface area contributed by atoms with Crippen molar-refractivity contribution in [3.05, 3.63) is 0 Å². The van der Waals surface area contributed by atoms with Crippen LogP contribution in [-0.4, -0.2) is 11.9 Å². The minimum atomic E-state index is -0.0311. The van der Waals surface area contributed by atoms with Crippen LogP contribution in [0.25, 0.3) is 0 Å². The number of nitrogens with one attached hydrogen (secondary N) is 1. The molecule has 1 rings (SSSR count). The molecule has 2 unspecified atom stereocenters. The summed E-state index contributed by atoms with van der Waals surface area (Å²) in [5.41, 5.74) is 0. The van der Waals surface area contributed by atoms with Crippen LogP contribution < -0.4 is 5.32 Å². The third-order valence-electron chi connectivity index (χ3n) is 2.33. The number of hydrogen-bond acceptors (Lipinski definition) is 2. The van der Waals surface area contributed by atoms with Crippen LogP contribution in [0.4, 0.5) is 0 Å². The van der Waals surface area contributed by atoms with Crippen LogP contribution in [0.15, 0.2) is 0 Å². The van der Waals surface area contributed by atoms with Crippen molar-refractivity contribution >= 4 is 5.91 Å². The van der Waals surface area contributed by atoms with Gasteiger partial charge in [0.25, 0.3) is 0 Å². The van der Waals surface area contributed by atoms with Crippen molar-refractivity contribution in [2.45, 2.75) is 32.7 Å². The molecule has 1 saturated heterocycles. The molecule has 0 aliphatic carbocycles. The van der Waals surface area contributed by atoms with E-state index in [0.29, 0.717) is 12.3 Å². The maximum absolute atomic E-state index is 10.9. The molecule has 0 bridgehead atoms. The first-order valence-corrected chi connectivity index (χ1v) is 4.34. The first-order chi connectivity index (χ1) is 5.65. The summed E-state index contributed by atoms with van der Waals surface area (Å²) in [7, 11) is 0. The first-order valence-electron chi connectivity index (χ1n) is 4.34. The Labute approximate surface area is 72.8 Å². The van der Waals surface area contributed by atoms with E-state index in [1.807, 2.05) is 13.8 Å². The van der Waals surface area contributed by atoms with Gasteiger partial charge in [-0.05, 0) is 12.3 Å². The van der Waals surface area contributed by atoms with Crippen LogP contribution >= 0.6 is 0 Å². The van der Waals surface area contributed by atoms with E-state index in [-0.39, 0.29) is 17.9 Å². The number of nitrogens with zero attached hydrogens (tertiary/aromatic N) is 1. The normalized spacial score (nSPS) is 25.2. The number of carbonyl (C=O) groups is 1. The Morgan fingerprint density at radius 1 is 1.67 bits per heavy atom. The first kappa shape index (κ1) is 9.05. The maximum Gasteiger partial charge on any atom is 0.220 e. The number of amides is 1. The highest BCUT2D eigenvalue weighted by Crippen LogP contribution is 2.21. The highest BCUT2D eigenvalue weighted by Gasteiger charge is 2.30. The minimum Gasteiger partial charge on any atom is -0.352 e. The highest BCUT2D eigenvalue weighted by atomic mass is 16.1. The molecule has 1 aliphatic heterocycles. The SMILES string of the molecule is CC(C)C(C#N)C1CCC(=O)N1. The van der Waals surface area contributed by atoms with Crippen molar-refractivity contribution in [2.24, 2.45) is 11.8 Å². The molecule has 3 heteroatoms. The monoisotopic (exact) mass is 166 g/mol. The fourth-order valence-corrected chi connectivity index (χ4v) is 1.61. The summed E-state index contributed by atoms with van der Waals surface area (Å²) in [4.78, 5) is 10.9. The molecular weight excluding hydrogens is 152 g/mol. The Morgan fingerprint density at radius 3 is 2.67 bits per heavy atom. The molecule has 0 aromatic heterocycles. The van der Waals surface area contributed by atoms with Gasteiger partial charge < -0.3 is 5.32 Å². The molecule has 0 saturated carbocycles. The zero-order valence-corrected chi connectivity index (χ0v) is 7.50. The second-order valence-electron chi connectivity index (χ2n) is 3.61. The number of rotatable bonds is 2. The second-order valence-corrected chi connectivity index (χ2v) is 3.61. The molecule has 1 aliphatic rings. The minimum absolute atomic E-state index is 0.0311. The van der Waals surface area contributed by atoms with Gasteiger partial charge in [-0.15, -0.1) is 0 Å². The summed E-state index contributed by atoms with van der Waals surface area (Å²) < 4.78 is 0. The van der Waals surface area contributed by atoms with Gasteiger partial charge in [0.2, 0.25) is 5.91 Å². The van der Waals surface area contributed by atoms with Crippen molar-refractivity contribution in [2.75, 3.05) is 0 Å². The topological polar surface area (TPSA) is 52.9 Å². The Balaban J connectivity index is 2.57. The van der Waals surface area contributed by atoms with Gasteiger partial charge in [0.1, 0.15) is 0 Å². The smallest absolute Gasteiger partial charge is 0.220 e. The van der Waals surface area contributed by atoms with E-state index in [4.69, 9.17) is 5.26 Å². The quantitative estimate of drug-likeness (QED) is 0.667. The summed E-state index contributed by atoms with van der Waals surface area (Å²) in [5.74, 6) is 0.371. The molecule has 66 valence electrons. The second kappa shape index (κ2) is 3.57. The molecule has 1 fully saturated rings. The molecule has 1 heterocycles. The standard InChI is InChI=1S/C9H14N2O/c1-6(2)7(5-10)8-3-4-9(12)11-8/h6-8H,3-4H2,1-2H3,(H,11,12). The zero-order valence-electron chi connectivity index (χ0n) is 7.50. The summed E-state index contributed by atoms with van der Waals surface area (Å²) in [6.07, 6.45) is 1.39. The van der Waals surface area contributed by atoms with E-state index in [1.54, 1.807) is 0 Å². The van der Waals surface area contributed by atoms with Crippen molar-refractivity contribution in [1.82, 2.24) is 5.32 Å². The van der Waals surface area contributed by atoms with Gasteiger partial charge in [-0.25, -0.2) is 0 Å². The van der Waals surface area contributed by atoms with E-state index >= 15 is 0 Å². The van der Waals surface area contributed by atoms with E-state index in [0.717, 1.165) is 6.42 Å². The van der Waals surface area contributed by atoms with E-state index < -0.39 is 0 Å². The van der Waals surface area contributed by atoms with E-state index in [1.165, 1.54) is 0 Å². The molecule has 0 radical (unpaired) electrons. The van der Waals surface area contributed by atoms with Gasteiger partial charge in [0.15, 0.2) is 0 Å². The van der Waals surface area contributed by atoms with Gasteiger partial charge >= 0.3 is 0 Å². The fourth-order valence-electron chi connectivity index (χ4n) is 1.61. The summed E-state index contributed by atoms with van der Waals surface area (Å²) in [5, 5.41) is 11.7. The van der Waals surface area contributed by atoms with Crippen LogP contribution in [0, 0.1) is 23.2 Å². The molecule has 1 amide bonds. The zero-order chi connectivity index (χ0) is 9.14. The maximum atomic E-state index is 10.9. The van der Waals surface area contributed by atoms with E-state index in [2.05, 4.69) is 11.4 Å². The Kier molecular flexibility index (Phi) is 2.69. The predicted octanol–water partition coefficient (Wildman–Crippen LogP) is 1.06. The average molecular weight is 166 g/mol. The van der Waals surface area contributed by atoms with Crippen molar-refractivity contribution in [3.8, 4) is 6.07 Å². The number of nitriles is 1. The summed E-state index contributed by atoms with van der Waals surface area (Å²) in [6, 6.07) is 2.33. The van der Waals surface area contributed by atoms with Gasteiger partial charge in [0, 0.05) is 12.5 Å². The molecule has 0 aromatic rings. The van der Waals surface area contributed by atoms with Crippen LogP contribution in [0.2, 0.25) is 0 Å². The van der Waals surface area contributed by atoms with Crippen LogP contribution in [-0.2, 0) is 4.79 Å². The molecular formula is C9H14N2O. The predicted molar refractivity (Wildman–Crippen MR) is 45.1 cm³/mol. The number of hydrogen-bond donors (Lipinski definition) is 1. The molecule has 1 N–H and O–H groups in total. The third-order valence-corrected chi connectivity index (χ3v) is 2.33. The third kappa shape index (κ3) is 1.76. The van der Waals surface area contributed by atoms with Gasteiger partial charge in [-0.2, -0.15) is 5.26 Å². The summed E-state index contributed by atoms with van der Waals surface area (Å²) in [6.45, 7) is 4.02. The van der Waals surface area contributed by atoms with Crippen molar-refractivity contribution in [1.29, 1.82) is 5.26 Å². The van der Waals surface area contributed by atoms with Crippen molar-refractivity contribution in [3.63, 3.8) is 0 Å². The average Bonchev–Trinajstić information content (AvgIpc) is 2.37. The highest BCUT2D eigenvalue weighted by molar-refractivity contribution is 5.78. The lowest BCUT2D eigenvalue weighted by Gasteiger charge is -2.19. The summed E-state index contributed by atoms with van der Waals surface area (Å²) >= 11 is 0.